The Balaban J connectivity index is 1.95. The molecule has 7 heteroatoms. The molecule has 2 rings (SSSR count). The fourth-order valence-electron chi connectivity index (χ4n) is 1.99. The van der Waals surface area contributed by atoms with Crippen LogP contribution in [0.2, 0.25) is 0 Å². The number of rotatable bonds is 6. The minimum atomic E-state index is -0.345. The molecule has 0 atom stereocenters. The lowest BCUT2D eigenvalue weighted by molar-refractivity contribution is -0.132. The number of likely N-dealkylation sites (N-methyl/N-ethyl adjacent to an activating group) is 1. The first-order valence-electron chi connectivity index (χ1n) is 6.77. The number of nitrogens with one attached hydrogen (secondary N) is 1. The van der Waals surface area contributed by atoms with E-state index in [0.717, 1.165) is 5.56 Å². The first-order chi connectivity index (χ1) is 10.1. The van der Waals surface area contributed by atoms with Gasteiger partial charge in [-0.05, 0) is 24.6 Å². The minimum absolute atomic E-state index is 0.0472. The van der Waals surface area contributed by atoms with Crippen LogP contribution in [0.5, 0.6) is 11.5 Å². The van der Waals surface area contributed by atoms with Crippen molar-refractivity contribution in [1.82, 2.24) is 10.2 Å². The van der Waals surface area contributed by atoms with Crippen LogP contribution in [0.25, 0.3) is 0 Å². The highest BCUT2D eigenvalue weighted by atomic mass is 16.7. The molecule has 0 fully saturated rings. The Morgan fingerprint density at radius 1 is 1.33 bits per heavy atom. The topological polar surface area (TPSA) is 93.9 Å². The molecule has 0 aromatic heterocycles. The van der Waals surface area contributed by atoms with E-state index < -0.39 is 0 Å². The molecule has 0 saturated carbocycles. The van der Waals surface area contributed by atoms with Crippen molar-refractivity contribution in [3.8, 4) is 11.5 Å². The maximum absolute atomic E-state index is 12.0. The van der Waals surface area contributed by atoms with Gasteiger partial charge in [0.2, 0.25) is 18.6 Å². The molecular formula is C14H19N3O4. The van der Waals surface area contributed by atoms with Crippen LogP contribution in [-0.4, -0.2) is 43.1 Å². The molecule has 1 aliphatic heterocycles. The summed E-state index contributed by atoms with van der Waals surface area (Å²) < 4.78 is 10.6. The number of amides is 2. The van der Waals surface area contributed by atoms with Gasteiger partial charge < -0.3 is 25.4 Å². The Morgan fingerprint density at radius 2 is 2.10 bits per heavy atom. The van der Waals surface area contributed by atoms with Crippen molar-refractivity contribution in [3.63, 3.8) is 0 Å². The minimum Gasteiger partial charge on any atom is -0.454 e. The summed E-state index contributed by atoms with van der Waals surface area (Å²) in [5, 5.41) is 2.47. The van der Waals surface area contributed by atoms with Gasteiger partial charge in [-0.2, -0.15) is 0 Å². The van der Waals surface area contributed by atoms with Gasteiger partial charge in [-0.15, -0.1) is 0 Å². The summed E-state index contributed by atoms with van der Waals surface area (Å²) in [4.78, 5) is 24.8. The largest absolute Gasteiger partial charge is 0.454 e. The van der Waals surface area contributed by atoms with Gasteiger partial charge in [0.25, 0.3) is 0 Å². The molecule has 3 N–H and O–H groups in total. The van der Waals surface area contributed by atoms with Gasteiger partial charge in [0.1, 0.15) is 0 Å². The fourth-order valence-corrected chi connectivity index (χ4v) is 1.99. The van der Waals surface area contributed by atoms with E-state index in [9.17, 15) is 9.59 Å². The molecule has 0 unspecified atom stereocenters. The SMILES string of the molecule is CCN(Cc1ccc2c(c1)OCO2)C(=O)CNC(=O)CN. The Morgan fingerprint density at radius 3 is 2.81 bits per heavy atom. The van der Waals surface area contributed by atoms with Gasteiger partial charge in [0.15, 0.2) is 11.5 Å². The van der Waals surface area contributed by atoms with Crippen molar-refractivity contribution in [2.75, 3.05) is 26.4 Å². The number of benzene rings is 1. The molecule has 1 aromatic carbocycles. The van der Waals surface area contributed by atoms with E-state index in [0.29, 0.717) is 24.6 Å². The monoisotopic (exact) mass is 293 g/mol. The summed E-state index contributed by atoms with van der Waals surface area (Å²) in [6.07, 6.45) is 0. The molecule has 1 aliphatic rings. The maximum Gasteiger partial charge on any atom is 0.242 e. The van der Waals surface area contributed by atoms with Crippen molar-refractivity contribution in [2.45, 2.75) is 13.5 Å². The maximum atomic E-state index is 12.0. The lowest BCUT2D eigenvalue weighted by Gasteiger charge is -2.21. The molecule has 0 spiro atoms. The summed E-state index contributed by atoms with van der Waals surface area (Å²) in [5.41, 5.74) is 6.12. The summed E-state index contributed by atoms with van der Waals surface area (Å²) in [6.45, 7) is 2.93. The average molecular weight is 293 g/mol. The van der Waals surface area contributed by atoms with Crippen LogP contribution in [0.4, 0.5) is 0 Å². The van der Waals surface area contributed by atoms with Crippen molar-refractivity contribution in [2.24, 2.45) is 5.73 Å². The molecule has 2 amide bonds. The standard InChI is InChI=1S/C14H19N3O4/c1-2-17(14(19)7-16-13(18)6-15)8-10-3-4-11-12(5-10)21-9-20-11/h3-5H,2,6-9,15H2,1H3,(H,16,18). The van der Waals surface area contributed by atoms with Crippen molar-refractivity contribution in [1.29, 1.82) is 0 Å². The quantitative estimate of drug-likeness (QED) is 0.760. The number of nitrogens with two attached hydrogens (primary N) is 1. The molecular weight excluding hydrogens is 274 g/mol. The summed E-state index contributed by atoms with van der Waals surface area (Å²) in [7, 11) is 0. The number of fused-ring (bicyclic) bond motifs is 1. The number of hydrogen-bond acceptors (Lipinski definition) is 5. The van der Waals surface area contributed by atoms with Gasteiger partial charge >= 0.3 is 0 Å². The van der Waals surface area contributed by atoms with Crippen LogP contribution in [0, 0.1) is 0 Å². The number of carbonyl (C=O) groups excluding carboxylic acids is 2. The number of hydrogen-bond donors (Lipinski definition) is 2. The zero-order chi connectivity index (χ0) is 15.2. The fraction of sp³-hybridized carbons (Fsp3) is 0.429. The van der Waals surface area contributed by atoms with Crippen LogP contribution in [0.1, 0.15) is 12.5 Å². The average Bonchev–Trinajstić information content (AvgIpc) is 2.97. The Hall–Kier alpha value is -2.28. The smallest absolute Gasteiger partial charge is 0.242 e. The zero-order valence-corrected chi connectivity index (χ0v) is 11.9. The Kier molecular flexibility index (Phi) is 4.99. The second-order valence-corrected chi connectivity index (χ2v) is 4.58. The lowest BCUT2D eigenvalue weighted by atomic mass is 10.2. The number of ether oxygens (including phenoxy) is 2. The molecule has 7 nitrogen and oxygen atoms in total. The third kappa shape index (κ3) is 3.85. The molecule has 0 bridgehead atoms. The molecule has 0 aliphatic carbocycles. The van der Waals surface area contributed by atoms with Crippen LogP contribution < -0.4 is 20.5 Å². The molecule has 0 saturated heterocycles. The van der Waals surface area contributed by atoms with Gasteiger partial charge in [-0.1, -0.05) is 6.07 Å². The van der Waals surface area contributed by atoms with E-state index in [2.05, 4.69) is 5.32 Å². The first kappa shape index (κ1) is 15.1. The van der Waals surface area contributed by atoms with Crippen LogP contribution >= 0.6 is 0 Å². The van der Waals surface area contributed by atoms with Crippen LogP contribution in [-0.2, 0) is 16.1 Å². The molecule has 0 radical (unpaired) electrons. The first-order valence-corrected chi connectivity index (χ1v) is 6.77. The van der Waals surface area contributed by atoms with E-state index in [1.165, 1.54) is 0 Å². The molecule has 1 aromatic rings. The Labute approximate surface area is 123 Å². The van der Waals surface area contributed by atoms with E-state index in [-0.39, 0.29) is 31.7 Å². The Bertz CT molecular complexity index is 533. The molecule has 114 valence electrons. The highest BCUT2D eigenvalue weighted by Crippen LogP contribution is 2.32. The normalized spacial score (nSPS) is 12.1. The third-order valence-electron chi connectivity index (χ3n) is 3.17. The molecule has 1 heterocycles. The zero-order valence-electron chi connectivity index (χ0n) is 11.9. The van der Waals surface area contributed by atoms with E-state index in [1.807, 2.05) is 25.1 Å². The summed E-state index contributed by atoms with van der Waals surface area (Å²) in [5.74, 6) is 0.898. The predicted octanol–water partition coefficient (Wildman–Crippen LogP) is -0.161. The van der Waals surface area contributed by atoms with E-state index >= 15 is 0 Å². The number of carbonyl (C=O) groups is 2. The van der Waals surface area contributed by atoms with Crippen LogP contribution in [0.15, 0.2) is 18.2 Å². The second kappa shape index (κ2) is 6.94. The lowest BCUT2D eigenvalue weighted by Crippen LogP contribution is -2.41. The van der Waals surface area contributed by atoms with Crippen LogP contribution in [0.3, 0.4) is 0 Å². The highest BCUT2D eigenvalue weighted by Gasteiger charge is 2.16. The van der Waals surface area contributed by atoms with Crippen molar-refractivity contribution in [3.05, 3.63) is 23.8 Å². The number of nitrogens with zero attached hydrogens (tertiary/aromatic N) is 1. The van der Waals surface area contributed by atoms with Gasteiger partial charge in [0, 0.05) is 13.1 Å². The van der Waals surface area contributed by atoms with Gasteiger partial charge in [0.05, 0.1) is 13.1 Å². The van der Waals surface area contributed by atoms with Gasteiger partial charge in [-0.3, -0.25) is 9.59 Å². The predicted molar refractivity (Wildman–Crippen MR) is 75.7 cm³/mol. The van der Waals surface area contributed by atoms with Gasteiger partial charge in [-0.25, -0.2) is 0 Å². The van der Waals surface area contributed by atoms with Crippen molar-refractivity contribution >= 4 is 11.8 Å². The molecule has 21 heavy (non-hydrogen) atoms. The summed E-state index contributed by atoms with van der Waals surface area (Å²) in [6, 6.07) is 5.57. The summed E-state index contributed by atoms with van der Waals surface area (Å²) >= 11 is 0. The second-order valence-electron chi connectivity index (χ2n) is 4.58. The van der Waals surface area contributed by atoms with Crippen molar-refractivity contribution < 1.29 is 19.1 Å². The van der Waals surface area contributed by atoms with E-state index in [1.54, 1.807) is 4.90 Å². The highest BCUT2D eigenvalue weighted by molar-refractivity contribution is 5.85. The van der Waals surface area contributed by atoms with E-state index in [4.69, 9.17) is 15.2 Å². The third-order valence-corrected chi connectivity index (χ3v) is 3.17.